The molecule has 1 aromatic carbocycles. The van der Waals surface area contributed by atoms with Crippen molar-refractivity contribution < 1.29 is 18.0 Å². The van der Waals surface area contributed by atoms with Crippen molar-refractivity contribution in [2.24, 2.45) is 0 Å². The topological polar surface area (TPSA) is 86.5 Å². The van der Waals surface area contributed by atoms with Gasteiger partial charge in [0.05, 0.1) is 11.7 Å². The van der Waals surface area contributed by atoms with E-state index in [0.717, 1.165) is 24.8 Å². The maximum absolute atomic E-state index is 13.8. The second-order valence-corrected chi connectivity index (χ2v) is 7.99. The van der Waals surface area contributed by atoms with Gasteiger partial charge in [0.1, 0.15) is 11.9 Å². The molecule has 1 aliphatic carbocycles. The molecule has 3 heterocycles. The number of halogens is 1. The highest BCUT2D eigenvalue weighted by molar-refractivity contribution is 5.89. The number of carbonyl (C=O) groups is 1. The van der Waals surface area contributed by atoms with Gasteiger partial charge in [-0.2, -0.15) is 10.2 Å². The lowest BCUT2D eigenvalue weighted by Gasteiger charge is -2.46. The van der Waals surface area contributed by atoms with Crippen molar-refractivity contribution in [2.75, 3.05) is 31.1 Å². The molecule has 5 rings (SSSR count). The Morgan fingerprint density at radius 1 is 1.16 bits per heavy atom. The van der Waals surface area contributed by atoms with Gasteiger partial charge in [-0.25, -0.2) is 4.39 Å². The fourth-order valence-electron chi connectivity index (χ4n) is 4.46. The van der Waals surface area contributed by atoms with Crippen LogP contribution in [0.4, 0.5) is 10.3 Å². The number of hydrogen-bond acceptors (Lipinski definition) is 6. The number of hydrogen-bond donors (Lipinski definition) is 0. The third-order valence-corrected chi connectivity index (χ3v) is 6.29. The maximum atomic E-state index is 13.8. The predicted octanol–water partition coefficient (Wildman–Crippen LogP) is 3.72. The first-order valence-electron chi connectivity index (χ1n) is 10.4. The summed E-state index contributed by atoms with van der Waals surface area (Å²) in [6, 6.07) is 11.9. The molecule has 1 amide bonds. The minimum Gasteiger partial charge on any atom is -0.459 e. The minimum atomic E-state index is -0.624. The van der Waals surface area contributed by atoms with Crippen LogP contribution < -0.4 is 4.90 Å². The summed E-state index contributed by atoms with van der Waals surface area (Å²) >= 11 is 0. The van der Waals surface area contributed by atoms with Crippen molar-refractivity contribution in [2.45, 2.75) is 24.7 Å². The molecule has 1 saturated carbocycles. The molecule has 0 spiro atoms. The average molecular weight is 420 g/mol. The summed E-state index contributed by atoms with van der Waals surface area (Å²) in [7, 11) is 0. The number of nitriles is 1. The Balaban J connectivity index is 1.32. The lowest BCUT2D eigenvalue weighted by atomic mass is 9.63. The fourth-order valence-corrected chi connectivity index (χ4v) is 4.46. The van der Waals surface area contributed by atoms with Gasteiger partial charge in [-0.1, -0.05) is 18.6 Å². The molecule has 8 heteroatoms. The van der Waals surface area contributed by atoms with Crippen LogP contribution >= 0.6 is 0 Å². The molecule has 7 nitrogen and oxygen atoms in total. The van der Waals surface area contributed by atoms with Crippen LogP contribution in [0.15, 0.2) is 51.5 Å². The van der Waals surface area contributed by atoms with Crippen molar-refractivity contribution in [3.8, 4) is 17.7 Å². The number of furan rings is 1. The molecular weight excluding hydrogens is 399 g/mol. The van der Waals surface area contributed by atoms with Crippen LogP contribution in [-0.2, 0) is 10.2 Å². The van der Waals surface area contributed by atoms with Gasteiger partial charge < -0.3 is 18.6 Å². The number of anilines is 1. The lowest BCUT2D eigenvalue weighted by Crippen LogP contribution is -2.56. The number of rotatable bonds is 4. The van der Waals surface area contributed by atoms with Crippen LogP contribution in [0.1, 0.15) is 30.5 Å². The summed E-state index contributed by atoms with van der Waals surface area (Å²) in [6.07, 6.45) is 3.96. The van der Waals surface area contributed by atoms with E-state index in [9.17, 15) is 14.4 Å². The zero-order chi connectivity index (χ0) is 21.4. The van der Waals surface area contributed by atoms with E-state index in [0.29, 0.717) is 37.8 Å². The highest BCUT2D eigenvalue weighted by atomic mass is 19.1. The monoisotopic (exact) mass is 420 g/mol. The summed E-state index contributed by atoms with van der Waals surface area (Å²) in [5.41, 5.74) is 0.332. The molecule has 158 valence electrons. The van der Waals surface area contributed by atoms with Gasteiger partial charge in [0.15, 0.2) is 5.76 Å². The number of nitrogens with zero attached hydrogens (tertiary/aromatic N) is 4. The van der Waals surface area contributed by atoms with Gasteiger partial charge in [0.2, 0.25) is 17.5 Å². The zero-order valence-corrected chi connectivity index (χ0v) is 16.9. The molecule has 0 N–H and O–H groups in total. The fraction of sp³-hybridized carbons (Fsp3) is 0.348. The highest BCUT2D eigenvalue weighted by Crippen LogP contribution is 2.45. The number of amides is 1. The summed E-state index contributed by atoms with van der Waals surface area (Å²) in [5, 5.41) is 9.47. The predicted molar refractivity (Wildman–Crippen MR) is 110 cm³/mol. The van der Waals surface area contributed by atoms with E-state index in [1.807, 2.05) is 15.9 Å². The minimum absolute atomic E-state index is 0.0540. The molecule has 2 aromatic heterocycles. The Bertz CT molecular complexity index is 1140. The van der Waals surface area contributed by atoms with Crippen LogP contribution in [0.3, 0.4) is 0 Å². The molecule has 0 radical (unpaired) electrons. The van der Waals surface area contributed by atoms with E-state index in [2.05, 4.69) is 11.1 Å². The first-order chi connectivity index (χ1) is 15.1. The smallest absolute Gasteiger partial charge is 0.266 e. The number of carbonyl (C=O) groups excluding carboxylic acids is 1. The van der Waals surface area contributed by atoms with Gasteiger partial charge in [0.25, 0.3) is 5.89 Å². The van der Waals surface area contributed by atoms with Gasteiger partial charge in [-0.05, 0) is 42.7 Å². The Morgan fingerprint density at radius 2 is 1.97 bits per heavy atom. The van der Waals surface area contributed by atoms with Gasteiger partial charge in [-0.3, -0.25) is 4.79 Å². The van der Waals surface area contributed by atoms with Crippen LogP contribution in [0.25, 0.3) is 11.7 Å². The largest absolute Gasteiger partial charge is 0.459 e. The van der Waals surface area contributed by atoms with E-state index in [1.165, 1.54) is 18.4 Å². The molecule has 0 atom stereocenters. The van der Waals surface area contributed by atoms with E-state index < -0.39 is 5.41 Å². The summed E-state index contributed by atoms with van der Waals surface area (Å²) in [4.78, 5) is 21.4. The Labute approximate surface area is 178 Å². The van der Waals surface area contributed by atoms with E-state index in [1.54, 1.807) is 18.2 Å². The van der Waals surface area contributed by atoms with Crippen molar-refractivity contribution >= 4 is 11.8 Å². The van der Waals surface area contributed by atoms with E-state index >= 15 is 0 Å². The molecule has 1 saturated heterocycles. The van der Waals surface area contributed by atoms with Crippen molar-refractivity contribution in [3.05, 3.63) is 59.7 Å². The first-order valence-corrected chi connectivity index (χ1v) is 10.4. The first kappa shape index (κ1) is 19.4. The maximum Gasteiger partial charge on any atom is 0.266 e. The van der Waals surface area contributed by atoms with Crippen molar-refractivity contribution in [3.63, 3.8) is 0 Å². The molecule has 0 unspecified atom stereocenters. The Morgan fingerprint density at radius 3 is 2.58 bits per heavy atom. The Hall–Kier alpha value is -3.60. The third kappa shape index (κ3) is 3.26. The number of piperazine rings is 1. The summed E-state index contributed by atoms with van der Waals surface area (Å²) < 4.78 is 24.9. The highest BCUT2D eigenvalue weighted by Gasteiger charge is 2.48. The Kier molecular flexibility index (Phi) is 4.74. The van der Waals surface area contributed by atoms with E-state index in [-0.39, 0.29) is 23.3 Å². The van der Waals surface area contributed by atoms with E-state index in [4.69, 9.17) is 8.83 Å². The molecule has 2 aliphatic rings. The SMILES string of the molecule is N#Cc1nc(-c2ccco2)oc1N1CCN(C(=O)C2(c3cccc(F)c3)CCC2)CC1. The van der Waals surface area contributed by atoms with Gasteiger partial charge in [0, 0.05) is 26.2 Å². The molecular formula is C23H21FN4O3. The quantitative estimate of drug-likeness (QED) is 0.640. The standard InChI is InChI=1S/C23H21FN4O3/c24-17-5-1-4-16(14-17)23(7-3-8-23)22(29)28-11-9-27(10-12-28)21-18(15-25)26-20(31-21)19-6-2-13-30-19/h1-2,4-6,13-14H,3,7-12H2. The average Bonchev–Trinajstić information content (AvgIpc) is 3.43. The molecule has 31 heavy (non-hydrogen) atoms. The van der Waals surface area contributed by atoms with Crippen molar-refractivity contribution in [1.82, 2.24) is 9.88 Å². The second kappa shape index (κ2) is 7.58. The number of aromatic nitrogens is 1. The summed E-state index contributed by atoms with van der Waals surface area (Å²) in [6.45, 7) is 2.04. The normalized spacial score (nSPS) is 17.8. The zero-order valence-electron chi connectivity index (χ0n) is 16.9. The number of benzene rings is 1. The van der Waals surface area contributed by atoms with Crippen LogP contribution in [0.2, 0.25) is 0 Å². The van der Waals surface area contributed by atoms with Crippen LogP contribution in [0.5, 0.6) is 0 Å². The van der Waals surface area contributed by atoms with Crippen LogP contribution in [0, 0.1) is 17.1 Å². The van der Waals surface area contributed by atoms with Crippen LogP contribution in [-0.4, -0.2) is 42.0 Å². The molecule has 1 aliphatic heterocycles. The number of oxazole rings is 1. The van der Waals surface area contributed by atoms with Gasteiger partial charge in [-0.15, -0.1) is 0 Å². The van der Waals surface area contributed by atoms with Gasteiger partial charge >= 0.3 is 0 Å². The second-order valence-electron chi connectivity index (χ2n) is 7.99. The summed E-state index contributed by atoms with van der Waals surface area (Å²) in [5.74, 6) is 0.846. The lowest BCUT2D eigenvalue weighted by molar-refractivity contribution is -0.141. The third-order valence-electron chi connectivity index (χ3n) is 6.29. The van der Waals surface area contributed by atoms with Crippen molar-refractivity contribution in [1.29, 1.82) is 5.26 Å². The molecule has 0 bridgehead atoms. The molecule has 2 fully saturated rings. The molecule has 3 aromatic rings.